The van der Waals surface area contributed by atoms with Crippen molar-refractivity contribution in [2.75, 3.05) is 5.32 Å². The topological polar surface area (TPSA) is 63.8 Å². The number of rotatable bonds is 3. The van der Waals surface area contributed by atoms with Gasteiger partial charge >= 0.3 is 0 Å². The van der Waals surface area contributed by atoms with Crippen molar-refractivity contribution in [1.29, 1.82) is 0 Å². The predicted molar refractivity (Wildman–Crippen MR) is 77.7 cm³/mol. The smallest absolute Gasteiger partial charge is 0.163 e. The summed E-state index contributed by atoms with van der Waals surface area (Å²) < 4.78 is 0. The molecule has 0 fully saturated rings. The molecule has 0 saturated heterocycles. The number of anilines is 2. The van der Waals surface area contributed by atoms with Crippen LogP contribution < -0.4 is 11.1 Å². The Bertz CT molecular complexity index is 583. The van der Waals surface area contributed by atoms with Gasteiger partial charge in [-0.25, -0.2) is 0 Å². The Labute approximate surface area is 119 Å². The molecule has 1 heterocycles. The number of hydrogen-bond donors (Lipinski definition) is 2. The van der Waals surface area contributed by atoms with Gasteiger partial charge in [-0.2, -0.15) is 5.10 Å². The third-order valence-corrected chi connectivity index (χ3v) is 3.04. The van der Waals surface area contributed by atoms with Gasteiger partial charge in [-0.3, -0.25) is 0 Å². The lowest BCUT2D eigenvalue weighted by molar-refractivity contribution is 1.03. The third-order valence-electron chi connectivity index (χ3n) is 2.19. The Balaban J connectivity index is 2.43. The molecule has 0 amide bonds. The molecule has 18 heavy (non-hydrogen) atoms. The number of halogens is 2. The second-order valence-electron chi connectivity index (χ2n) is 3.38. The van der Waals surface area contributed by atoms with Gasteiger partial charge in [-0.1, -0.05) is 41.5 Å². The SMILES string of the molecule is NC(=S)c1ccnnc1Nc1c(Cl)cccc1Cl. The quantitative estimate of drug-likeness (QED) is 0.852. The Morgan fingerprint density at radius 3 is 2.50 bits per heavy atom. The van der Waals surface area contributed by atoms with Crippen LogP contribution in [0.4, 0.5) is 11.5 Å². The fourth-order valence-electron chi connectivity index (χ4n) is 1.36. The number of nitrogens with two attached hydrogens (primary N) is 1. The van der Waals surface area contributed by atoms with Gasteiger partial charge in [0, 0.05) is 0 Å². The molecule has 0 aliphatic carbocycles. The summed E-state index contributed by atoms with van der Waals surface area (Å²) in [6.45, 7) is 0. The van der Waals surface area contributed by atoms with Crippen molar-refractivity contribution in [2.45, 2.75) is 0 Å². The number of hydrogen-bond acceptors (Lipinski definition) is 4. The molecular weight excluding hydrogens is 291 g/mol. The summed E-state index contributed by atoms with van der Waals surface area (Å²) in [6, 6.07) is 6.85. The maximum Gasteiger partial charge on any atom is 0.163 e. The molecule has 4 nitrogen and oxygen atoms in total. The molecule has 0 bridgehead atoms. The minimum absolute atomic E-state index is 0.218. The number of benzene rings is 1. The van der Waals surface area contributed by atoms with Gasteiger partial charge in [0.2, 0.25) is 0 Å². The predicted octanol–water partition coefficient (Wildman–Crippen LogP) is 3.16. The van der Waals surface area contributed by atoms with Crippen LogP contribution in [0.1, 0.15) is 5.56 Å². The summed E-state index contributed by atoms with van der Waals surface area (Å²) in [5.74, 6) is 0.417. The van der Waals surface area contributed by atoms with E-state index in [9.17, 15) is 0 Å². The molecule has 0 unspecified atom stereocenters. The van der Waals surface area contributed by atoms with E-state index in [-0.39, 0.29) is 4.99 Å². The van der Waals surface area contributed by atoms with E-state index in [0.717, 1.165) is 0 Å². The highest BCUT2D eigenvalue weighted by Gasteiger charge is 2.11. The van der Waals surface area contributed by atoms with Gasteiger partial charge in [0.05, 0.1) is 27.5 Å². The first-order chi connectivity index (χ1) is 8.59. The van der Waals surface area contributed by atoms with Crippen LogP contribution in [-0.2, 0) is 0 Å². The van der Waals surface area contributed by atoms with Gasteiger partial charge < -0.3 is 11.1 Å². The number of thiocarbonyl (C=S) groups is 1. The van der Waals surface area contributed by atoms with Gasteiger partial charge in [0.15, 0.2) is 5.82 Å². The van der Waals surface area contributed by atoms with Crippen molar-refractivity contribution in [3.8, 4) is 0 Å². The molecule has 2 rings (SSSR count). The summed E-state index contributed by atoms with van der Waals surface area (Å²) in [7, 11) is 0. The van der Waals surface area contributed by atoms with E-state index in [4.69, 9.17) is 41.2 Å². The minimum Gasteiger partial charge on any atom is -0.389 e. The van der Waals surface area contributed by atoms with Crippen molar-refractivity contribution >= 4 is 51.9 Å². The van der Waals surface area contributed by atoms with E-state index in [1.54, 1.807) is 24.3 Å². The molecule has 0 saturated carbocycles. The zero-order valence-electron chi connectivity index (χ0n) is 9.02. The molecule has 0 spiro atoms. The van der Waals surface area contributed by atoms with Crippen LogP contribution in [0.25, 0.3) is 0 Å². The molecule has 3 N–H and O–H groups in total. The van der Waals surface area contributed by atoms with Gasteiger partial charge in [0.25, 0.3) is 0 Å². The lowest BCUT2D eigenvalue weighted by atomic mass is 10.2. The monoisotopic (exact) mass is 298 g/mol. The van der Waals surface area contributed by atoms with Gasteiger partial charge in [-0.15, -0.1) is 5.10 Å². The van der Waals surface area contributed by atoms with E-state index < -0.39 is 0 Å². The van der Waals surface area contributed by atoms with Gasteiger partial charge in [-0.05, 0) is 18.2 Å². The van der Waals surface area contributed by atoms with E-state index in [0.29, 0.717) is 27.1 Å². The highest BCUT2D eigenvalue weighted by Crippen LogP contribution is 2.32. The summed E-state index contributed by atoms with van der Waals surface area (Å²) >= 11 is 17.0. The molecule has 92 valence electrons. The number of aromatic nitrogens is 2. The standard InChI is InChI=1S/C11H8Cl2N4S/c12-7-2-1-3-8(13)9(7)16-11-6(10(14)18)4-5-15-17-11/h1-5H,(H2,14,18)(H,16,17). The van der Waals surface area contributed by atoms with Crippen molar-refractivity contribution in [1.82, 2.24) is 10.2 Å². The average Bonchev–Trinajstić information content (AvgIpc) is 2.34. The maximum absolute atomic E-state index is 6.05. The number of nitrogens with one attached hydrogen (secondary N) is 1. The van der Waals surface area contributed by atoms with Crippen LogP contribution in [0.2, 0.25) is 10.0 Å². The molecule has 7 heteroatoms. The Morgan fingerprint density at radius 1 is 1.22 bits per heavy atom. The lowest BCUT2D eigenvalue weighted by Gasteiger charge is -2.11. The maximum atomic E-state index is 6.05. The summed E-state index contributed by atoms with van der Waals surface area (Å²) in [5.41, 5.74) is 6.72. The Morgan fingerprint density at radius 2 is 1.89 bits per heavy atom. The Kier molecular flexibility index (Phi) is 3.96. The molecule has 2 aromatic rings. The second-order valence-corrected chi connectivity index (χ2v) is 4.63. The normalized spacial score (nSPS) is 10.1. The summed E-state index contributed by atoms with van der Waals surface area (Å²) in [4.78, 5) is 0.218. The van der Waals surface area contributed by atoms with E-state index in [1.807, 2.05) is 0 Å². The summed E-state index contributed by atoms with van der Waals surface area (Å²) in [6.07, 6.45) is 1.51. The second kappa shape index (κ2) is 5.48. The minimum atomic E-state index is 0.218. The molecule has 0 radical (unpaired) electrons. The first kappa shape index (κ1) is 13.0. The van der Waals surface area contributed by atoms with Crippen LogP contribution in [-0.4, -0.2) is 15.2 Å². The largest absolute Gasteiger partial charge is 0.389 e. The molecule has 0 aliphatic rings. The first-order valence-corrected chi connectivity index (χ1v) is 6.08. The van der Waals surface area contributed by atoms with Crippen LogP contribution in [0, 0.1) is 0 Å². The van der Waals surface area contributed by atoms with E-state index in [1.165, 1.54) is 6.20 Å². The molecule has 1 aromatic carbocycles. The van der Waals surface area contributed by atoms with Crippen LogP contribution in [0.3, 0.4) is 0 Å². The fraction of sp³-hybridized carbons (Fsp3) is 0. The summed E-state index contributed by atoms with van der Waals surface area (Å²) in [5, 5.41) is 11.6. The number of nitrogens with zero attached hydrogens (tertiary/aromatic N) is 2. The zero-order valence-corrected chi connectivity index (χ0v) is 11.4. The molecule has 0 atom stereocenters. The first-order valence-electron chi connectivity index (χ1n) is 4.92. The van der Waals surface area contributed by atoms with Crippen molar-refractivity contribution in [2.24, 2.45) is 5.73 Å². The Hall–Kier alpha value is -1.43. The van der Waals surface area contributed by atoms with Gasteiger partial charge in [0.1, 0.15) is 4.99 Å². The highest BCUT2D eigenvalue weighted by molar-refractivity contribution is 7.80. The number of para-hydroxylation sites is 1. The zero-order chi connectivity index (χ0) is 13.1. The van der Waals surface area contributed by atoms with Crippen molar-refractivity contribution < 1.29 is 0 Å². The van der Waals surface area contributed by atoms with Crippen LogP contribution in [0.5, 0.6) is 0 Å². The van der Waals surface area contributed by atoms with E-state index in [2.05, 4.69) is 15.5 Å². The van der Waals surface area contributed by atoms with Crippen LogP contribution >= 0.6 is 35.4 Å². The average molecular weight is 299 g/mol. The lowest BCUT2D eigenvalue weighted by Crippen LogP contribution is -2.13. The van der Waals surface area contributed by atoms with Crippen molar-refractivity contribution in [3.05, 3.63) is 46.1 Å². The molecule has 0 aliphatic heterocycles. The highest BCUT2D eigenvalue weighted by atomic mass is 35.5. The van der Waals surface area contributed by atoms with Crippen molar-refractivity contribution in [3.63, 3.8) is 0 Å². The van der Waals surface area contributed by atoms with Crippen LogP contribution in [0.15, 0.2) is 30.5 Å². The molecule has 1 aromatic heterocycles. The molecular formula is C11H8Cl2N4S. The fourth-order valence-corrected chi connectivity index (χ4v) is 2.02. The third kappa shape index (κ3) is 2.69. The van der Waals surface area contributed by atoms with E-state index >= 15 is 0 Å².